The fourth-order valence-electron chi connectivity index (χ4n) is 6.69. The van der Waals surface area contributed by atoms with Crippen LogP contribution in [0.3, 0.4) is 0 Å². The number of halogens is 1. The molecule has 4 aromatic rings. The fraction of sp³-hybridized carbons (Fsp3) is 0.406. The molecule has 2 bridgehead atoms. The molecule has 4 heterocycles. The highest BCUT2D eigenvalue weighted by molar-refractivity contribution is 7.22. The first-order valence-electron chi connectivity index (χ1n) is 14.5. The predicted molar refractivity (Wildman–Crippen MR) is 154 cm³/mol. The van der Waals surface area contributed by atoms with Crippen molar-refractivity contribution in [3.05, 3.63) is 76.5 Å². The van der Waals surface area contributed by atoms with Crippen LogP contribution in [0, 0.1) is 11.7 Å². The Bertz CT molecular complexity index is 1720. The van der Waals surface area contributed by atoms with E-state index in [1.165, 1.54) is 35.8 Å². The summed E-state index contributed by atoms with van der Waals surface area (Å²) in [4.78, 5) is 18.3. The summed E-state index contributed by atoms with van der Waals surface area (Å²) in [6, 6.07) is 11.4. The van der Waals surface area contributed by atoms with E-state index in [0.29, 0.717) is 29.1 Å². The first-order chi connectivity index (χ1) is 19.9. The summed E-state index contributed by atoms with van der Waals surface area (Å²) in [5.74, 6) is 1.61. The lowest BCUT2D eigenvalue weighted by Gasteiger charge is -2.34. The van der Waals surface area contributed by atoms with Crippen molar-refractivity contribution < 1.29 is 23.6 Å². The number of aromatic nitrogens is 2. The molecule has 41 heavy (non-hydrogen) atoms. The topological polar surface area (TPSA) is 88.7 Å². The van der Waals surface area contributed by atoms with E-state index in [0.717, 1.165) is 65.2 Å². The summed E-state index contributed by atoms with van der Waals surface area (Å²) in [7, 11) is 0. The molecule has 3 atom stereocenters. The molecule has 2 aliphatic carbocycles. The Balaban J connectivity index is 1.08. The van der Waals surface area contributed by atoms with Crippen LogP contribution in [0.15, 0.2) is 52.8 Å². The number of anilines is 1. The minimum absolute atomic E-state index is 0.0609. The van der Waals surface area contributed by atoms with Crippen molar-refractivity contribution in [3.8, 4) is 11.3 Å². The first kappa shape index (κ1) is 25.0. The van der Waals surface area contributed by atoms with Crippen molar-refractivity contribution in [2.45, 2.75) is 76.0 Å². The Morgan fingerprint density at radius 3 is 2.76 bits per heavy atom. The van der Waals surface area contributed by atoms with Gasteiger partial charge in [-0.1, -0.05) is 47.7 Å². The van der Waals surface area contributed by atoms with Crippen molar-refractivity contribution in [1.29, 1.82) is 0 Å². The van der Waals surface area contributed by atoms with Gasteiger partial charge in [-0.15, -0.1) is 0 Å². The first-order valence-corrected chi connectivity index (χ1v) is 15.3. The lowest BCUT2D eigenvalue weighted by atomic mass is 9.97. The van der Waals surface area contributed by atoms with Gasteiger partial charge in [0.2, 0.25) is 0 Å². The van der Waals surface area contributed by atoms with Gasteiger partial charge >= 0.3 is 5.97 Å². The molecule has 2 unspecified atom stereocenters. The SMILES string of the molecule is C[C@@H]1CC2CC(OCc3c(-c4ccccc4C4CC4)noc3C3CC3)=CC1N2c1nc2c(F)cc(C(=O)O)cc2s1. The highest BCUT2D eigenvalue weighted by atomic mass is 32.1. The summed E-state index contributed by atoms with van der Waals surface area (Å²) in [5, 5.41) is 14.7. The number of rotatable bonds is 8. The Hall–Kier alpha value is -3.72. The molecule has 9 heteroatoms. The Morgan fingerprint density at radius 2 is 2.00 bits per heavy atom. The maximum absolute atomic E-state index is 14.7. The van der Waals surface area contributed by atoms with E-state index in [1.54, 1.807) is 0 Å². The second-order valence-electron chi connectivity index (χ2n) is 12.0. The zero-order chi connectivity index (χ0) is 27.8. The molecule has 2 aromatic carbocycles. The molecular weight excluding hydrogens is 541 g/mol. The number of fused-ring (bicyclic) bond motifs is 3. The molecule has 8 rings (SSSR count). The van der Waals surface area contributed by atoms with E-state index >= 15 is 0 Å². The van der Waals surface area contributed by atoms with E-state index in [4.69, 9.17) is 9.26 Å². The third kappa shape index (κ3) is 4.33. The lowest BCUT2D eigenvalue weighted by molar-refractivity contribution is 0.0696. The van der Waals surface area contributed by atoms with Gasteiger partial charge < -0.3 is 19.3 Å². The third-order valence-electron chi connectivity index (χ3n) is 9.04. The highest BCUT2D eigenvalue weighted by Crippen LogP contribution is 2.49. The standard InChI is InChI=1S/C32H30FN3O4S/c1-16-10-20-13-21(14-26(16)36(20)32-34-29-25(33)11-19(31(37)38)12-27(29)41-32)39-15-24-28(35-40-30(24)18-8-9-18)23-5-3-2-4-22(23)17-6-7-17/h2-5,11-12,14,16-18,20,26H,6-10,13,15H2,1H3,(H,37,38)/t16-,20?,26?/m1/s1. The summed E-state index contributed by atoms with van der Waals surface area (Å²) >= 11 is 1.35. The minimum atomic E-state index is -1.14. The van der Waals surface area contributed by atoms with Crippen LogP contribution in [0.4, 0.5) is 9.52 Å². The second kappa shape index (κ2) is 9.41. The molecular formula is C32H30FN3O4S. The van der Waals surface area contributed by atoms with Crippen molar-refractivity contribution >= 4 is 32.7 Å². The van der Waals surface area contributed by atoms with E-state index < -0.39 is 11.8 Å². The van der Waals surface area contributed by atoms with Gasteiger partial charge in [0.25, 0.3) is 0 Å². The number of nitrogens with zero attached hydrogens (tertiary/aromatic N) is 3. The predicted octanol–water partition coefficient (Wildman–Crippen LogP) is 7.63. The minimum Gasteiger partial charge on any atom is -0.493 e. The number of aromatic carboxylic acids is 1. The zero-order valence-electron chi connectivity index (χ0n) is 22.7. The number of carbonyl (C=O) groups is 1. The van der Waals surface area contributed by atoms with Gasteiger partial charge in [-0.05, 0) is 67.7 Å². The smallest absolute Gasteiger partial charge is 0.335 e. The third-order valence-corrected chi connectivity index (χ3v) is 10.1. The zero-order valence-corrected chi connectivity index (χ0v) is 23.5. The molecule has 0 amide bonds. The van der Waals surface area contributed by atoms with Crippen LogP contribution in [0.2, 0.25) is 0 Å². The number of hydrogen-bond acceptors (Lipinski definition) is 7. The highest BCUT2D eigenvalue weighted by Gasteiger charge is 2.44. The van der Waals surface area contributed by atoms with Gasteiger partial charge in [-0.3, -0.25) is 0 Å². The molecule has 1 N–H and O–H groups in total. The van der Waals surface area contributed by atoms with E-state index in [2.05, 4.69) is 52.3 Å². The van der Waals surface area contributed by atoms with Gasteiger partial charge in [0.1, 0.15) is 23.6 Å². The molecule has 0 radical (unpaired) electrons. The van der Waals surface area contributed by atoms with Crippen molar-refractivity contribution in [1.82, 2.24) is 10.1 Å². The van der Waals surface area contributed by atoms with Crippen LogP contribution in [-0.2, 0) is 11.3 Å². The fourth-order valence-corrected chi connectivity index (χ4v) is 7.82. The maximum Gasteiger partial charge on any atom is 0.335 e. The van der Waals surface area contributed by atoms with Crippen molar-refractivity contribution in [2.75, 3.05) is 4.90 Å². The van der Waals surface area contributed by atoms with Crippen LogP contribution >= 0.6 is 11.3 Å². The van der Waals surface area contributed by atoms with Gasteiger partial charge in [0.05, 0.1) is 27.6 Å². The van der Waals surface area contributed by atoms with Gasteiger partial charge in [-0.2, -0.15) is 0 Å². The average molecular weight is 572 g/mol. The molecule has 3 fully saturated rings. The molecule has 7 nitrogen and oxygen atoms in total. The molecule has 2 aliphatic heterocycles. The number of thiazole rings is 1. The monoisotopic (exact) mass is 571 g/mol. The van der Waals surface area contributed by atoms with E-state index in [9.17, 15) is 14.3 Å². The molecule has 2 aromatic heterocycles. The van der Waals surface area contributed by atoms with Crippen LogP contribution in [-0.4, -0.2) is 33.3 Å². The second-order valence-corrected chi connectivity index (χ2v) is 13.0. The summed E-state index contributed by atoms with van der Waals surface area (Å²) in [5.41, 5.74) is 4.67. The summed E-state index contributed by atoms with van der Waals surface area (Å²) in [6.07, 6.45) is 8.61. The normalized spacial score (nSPS) is 23.7. The van der Waals surface area contributed by atoms with Crippen LogP contribution in [0.1, 0.15) is 84.5 Å². The Morgan fingerprint density at radius 1 is 1.20 bits per heavy atom. The van der Waals surface area contributed by atoms with E-state index in [1.807, 2.05) is 0 Å². The number of carboxylic acids is 1. The number of ether oxygens (including phenoxy) is 1. The van der Waals surface area contributed by atoms with Crippen LogP contribution in [0.5, 0.6) is 0 Å². The molecule has 210 valence electrons. The van der Waals surface area contributed by atoms with Crippen molar-refractivity contribution in [3.63, 3.8) is 0 Å². The molecule has 1 saturated heterocycles. The summed E-state index contributed by atoms with van der Waals surface area (Å²) < 4.78 is 27.8. The van der Waals surface area contributed by atoms with E-state index in [-0.39, 0.29) is 23.2 Å². The van der Waals surface area contributed by atoms with Crippen LogP contribution in [0.25, 0.3) is 21.5 Å². The average Bonchev–Trinajstić information content (AvgIpc) is 3.89. The van der Waals surface area contributed by atoms with Crippen LogP contribution < -0.4 is 4.90 Å². The molecule has 2 saturated carbocycles. The molecule has 0 spiro atoms. The summed E-state index contributed by atoms with van der Waals surface area (Å²) in [6.45, 7) is 2.65. The largest absolute Gasteiger partial charge is 0.493 e. The quantitative estimate of drug-likeness (QED) is 0.233. The van der Waals surface area contributed by atoms with Crippen molar-refractivity contribution in [2.24, 2.45) is 5.92 Å². The maximum atomic E-state index is 14.7. The number of carboxylic acid groups (broad SMARTS) is 1. The van der Waals surface area contributed by atoms with Gasteiger partial charge in [-0.25, -0.2) is 14.2 Å². The molecule has 4 aliphatic rings. The van der Waals surface area contributed by atoms with Gasteiger partial charge in [0, 0.05) is 23.9 Å². The Kier molecular flexibility index (Phi) is 5.74. The number of hydrogen-bond donors (Lipinski definition) is 1. The number of benzene rings is 2. The van der Waals surface area contributed by atoms with Gasteiger partial charge in [0.15, 0.2) is 10.9 Å². The lowest BCUT2D eigenvalue weighted by Crippen LogP contribution is -2.40. The Labute approximate surface area is 240 Å².